The Hall–Kier alpha value is -0.830. The normalized spacial score (nSPS) is 12.2. The van der Waals surface area contributed by atoms with Crippen LogP contribution in [0.5, 0.6) is 5.75 Å². The van der Waals surface area contributed by atoms with Crippen LogP contribution in [0.2, 0.25) is 0 Å². The van der Waals surface area contributed by atoms with E-state index in [9.17, 15) is 22.4 Å². The summed E-state index contributed by atoms with van der Waals surface area (Å²) in [5, 5.41) is 0. The summed E-state index contributed by atoms with van der Waals surface area (Å²) in [4.78, 5) is 6.69. The zero-order chi connectivity index (χ0) is 14.8. The van der Waals surface area contributed by atoms with Gasteiger partial charge in [-0.15, -0.1) is 0 Å². The predicted molar refractivity (Wildman–Crippen MR) is 64.9 cm³/mol. The van der Waals surface area contributed by atoms with Crippen LogP contribution in [0, 0.1) is 0 Å². The van der Waals surface area contributed by atoms with Crippen molar-refractivity contribution < 1.29 is 31.8 Å². The fourth-order valence-electron chi connectivity index (χ4n) is 1.06. The van der Waals surface area contributed by atoms with Crippen molar-refractivity contribution in [3.63, 3.8) is 0 Å². The number of carbonyl (C=O) groups excluding carboxylic acids is 1. The molecule has 106 valence electrons. The van der Waals surface area contributed by atoms with Crippen molar-refractivity contribution in [1.82, 2.24) is 0 Å². The summed E-state index contributed by atoms with van der Waals surface area (Å²) in [6, 6.07) is 3.14. The van der Waals surface area contributed by atoms with E-state index in [1.807, 2.05) is 0 Å². The minimum Gasteiger partial charge on any atom is -0.465 e. The molecule has 0 aliphatic heterocycles. The van der Waals surface area contributed by atoms with Gasteiger partial charge in [-0.3, -0.25) is 0 Å². The molecular formula is C10H6Br2F4O3. The van der Waals surface area contributed by atoms with Gasteiger partial charge in [0.25, 0.3) is 0 Å². The lowest BCUT2D eigenvalue weighted by Gasteiger charge is -2.22. The van der Waals surface area contributed by atoms with E-state index in [1.54, 1.807) is 0 Å². The second kappa shape index (κ2) is 5.66. The number of methoxy groups -OCH3 is 1. The van der Waals surface area contributed by atoms with Crippen LogP contribution in [0.4, 0.5) is 17.6 Å². The predicted octanol–water partition coefficient (Wildman–Crippen LogP) is 4.20. The van der Waals surface area contributed by atoms with Crippen LogP contribution in [0.3, 0.4) is 0 Å². The van der Waals surface area contributed by atoms with Gasteiger partial charge in [-0.1, -0.05) is 15.9 Å². The number of halogens is 6. The summed E-state index contributed by atoms with van der Waals surface area (Å²) in [5.74, 6) is -1.43. The van der Waals surface area contributed by atoms with Crippen molar-refractivity contribution in [1.29, 1.82) is 0 Å². The van der Waals surface area contributed by atoms with E-state index in [2.05, 4.69) is 25.4 Å². The lowest BCUT2D eigenvalue weighted by atomic mass is 10.2. The highest BCUT2D eigenvalue weighted by atomic mass is 79.9. The molecule has 0 atom stereocenters. The average molecular weight is 410 g/mol. The second-order valence-electron chi connectivity index (χ2n) is 3.28. The Kier molecular flexibility index (Phi) is 4.83. The van der Waals surface area contributed by atoms with E-state index in [-0.39, 0.29) is 10.0 Å². The minimum absolute atomic E-state index is 0.124. The third kappa shape index (κ3) is 4.07. The molecule has 0 bridgehead atoms. The van der Waals surface area contributed by atoms with Crippen LogP contribution in [0.15, 0.2) is 22.7 Å². The van der Waals surface area contributed by atoms with Crippen LogP contribution in [-0.4, -0.2) is 24.0 Å². The van der Waals surface area contributed by atoms with Crippen molar-refractivity contribution in [3.05, 3.63) is 28.2 Å². The average Bonchev–Trinajstić information content (AvgIpc) is 2.24. The SMILES string of the molecule is COC(=O)c1cc(Br)cc(OC(F)(F)C(F)(F)Br)c1. The highest BCUT2D eigenvalue weighted by molar-refractivity contribution is 9.10. The smallest absolute Gasteiger partial charge is 0.465 e. The number of hydrogen-bond acceptors (Lipinski definition) is 3. The third-order valence-electron chi connectivity index (χ3n) is 1.87. The molecule has 0 N–H and O–H groups in total. The molecule has 0 aliphatic rings. The van der Waals surface area contributed by atoms with E-state index >= 15 is 0 Å². The molecule has 1 aromatic carbocycles. The van der Waals surface area contributed by atoms with Crippen LogP contribution in [0.25, 0.3) is 0 Å². The number of benzene rings is 1. The van der Waals surface area contributed by atoms with Gasteiger partial charge in [0.15, 0.2) is 0 Å². The number of hydrogen-bond donors (Lipinski definition) is 0. The van der Waals surface area contributed by atoms with Crippen molar-refractivity contribution in [2.75, 3.05) is 7.11 Å². The number of rotatable bonds is 4. The van der Waals surface area contributed by atoms with E-state index < -0.39 is 22.7 Å². The molecule has 0 saturated carbocycles. The van der Waals surface area contributed by atoms with E-state index in [4.69, 9.17) is 0 Å². The number of esters is 1. The maximum atomic E-state index is 13.0. The van der Waals surface area contributed by atoms with Gasteiger partial charge in [-0.25, -0.2) is 4.79 Å². The lowest BCUT2D eigenvalue weighted by Crippen LogP contribution is -2.40. The van der Waals surface area contributed by atoms with Crippen molar-refractivity contribution >= 4 is 37.8 Å². The van der Waals surface area contributed by atoms with Crippen LogP contribution in [-0.2, 0) is 4.74 Å². The molecule has 0 saturated heterocycles. The van der Waals surface area contributed by atoms with Gasteiger partial charge in [0.05, 0.1) is 12.7 Å². The second-order valence-corrected chi connectivity index (χ2v) is 5.20. The quantitative estimate of drug-likeness (QED) is 0.425. The third-order valence-corrected chi connectivity index (χ3v) is 2.79. The fourth-order valence-corrected chi connectivity index (χ4v) is 1.62. The Morgan fingerprint density at radius 3 is 2.26 bits per heavy atom. The molecule has 9 heteroatoms. The maximum absolute atomic E-state index is 13.0. The Morgan fingerprint density at radius 2 is 1.79 bits per heavy atom. The lowest BCUT2D eigenvalue weighted by molar-refractivity contribution is -0.266. The number of carbonyl (C=O) groups is 1. The molecule has 0 spiro atoms. The van der Waals surface area contributed by atoms with Gasteiger partial charge >= 0.3 is 16.9 Å². The standard InChI is InChI=1S/C10H6Br2F4O3/c1-18-8(17)5-2-6(11)4-7(3-5)19-10(15,16)9(12,13)14/h2-4H,1H3. The Bertz CT molecular complexity index is 488. The summed E-state index contributed by atoms with van der Waals surface area (Å²) >= 11 is 4.46. The molecular weight excluding hydrogens is 404 g/mol. The van der Waals surface area contributed by atoms with Gasteiger partial charge in [0.1, 0.15) is 5.75 Å². The Morgan fingerprint density at radius 1 is 1.21 bits per heavy atom. The molecule has 0 fully saturated rings. The zero-order valence-corrected chi connectivity index (χ0v) is 12.4. The topological polar surface area (TPSA) is 35.5 Å². The van der Waals surface area contributed by atoms with E-state index in [1.165, 1.54) is 22.0 Å². The first kappa shape index (κ1) is 16.2. The van der Waals surface area contributed by atoms with E-state index in [0.717, 1.165) is 19.2 Å². The maximum Gasteiger partial charge on any atom is 0.475 e. The fraction of sp³-hybridized carbons (Fsp3) is 0.300. The summed E-state index contributed by atoms with van der Waals surface area (Å²) < 4.78 is 59.6. The Balaban J connectivity index is 3.09. The highest BCUT2D eigenvalue weighted by Gasteiger charge is 2.57. The first-order chi connectivity index (χ1) is 8.56. The molecule has 0 unspecified atom stereocenters. The van der Waals surface area contributed by atoms with Gasteiger partial charge in [-0.05, 0) is 18.2 Å². The van der Waals surface area contributed by atoms with Gasteiger partial charge < -0.3 is 9.47 Å². The summed E-state index contributed by atoms with van der Waals surface area (Å²) in [6.07, 6.45) is -4.78. The molecule has 0 aromatic heterocycles. The Labute approximate surface area is 122 Å². The molecule has 19 heavy (non-hydrogen) atoms. The summed E-state index contributed by atoms with van der Waals surface area (Å²) in [5.41, 5.74) is -0.124. The van der Waals surface area contributed by atoms with Gasteiger partial charge in [-0.2, -0.15) is 17.6 Å². The highest BCUT2D eigenvalue weighted by Crippen LogP contribution is 2.41. The molecule has 3 nitrogen and oxygen atoms in total. The van der Waals surface area contributed by atoms with Gasteiger partial charge in [0.2, 0.25) is 0 Å². The molecule has 0 amide bonds. The molecule has 0 radical (unpaired) electrons. The molecule has 1 rings (SSSR count). The van der Waals surface area contributed by atoms with Crippen molar-refractivity contribution in [3.8, 4) is 5.75 Å². The first-order valence-electron chi connectivity index (χ1n) is 4.59. The minimum atomic E-state index is -4.78. The number of alkyl halides is 5. The van der Waals surface area contributed by atoms with Crippen LogP contribution >= 0.6 is 31.9 Å². The number of ether oxygens (including phenoxy) is 2. The van der Waals surface area contributed by atoms with Crippen LogP contribution < -0.4 is 4.74 Å². The van der Waals surface area contributed by atoms with Crippen molar-refractivity contribution in [2.45, 2.75) is 10.9 Å². The summed E-state index contributed by atoms with van der Waals surface area (Å²) in [6.45, 7) is 0. The zero-order valence-electron chi connectivity index (χ0n) is 9.22. The largest absolute Gasteiger partial charge is 0.475 e. The van der Waals surface area contributed by atoms with E-state index in [0.29, 0.717) is 0 Å². The first-order valence-corrected chi connectivity index (χ1v) is 6.18. The van der Waals surface area contributed by atoms with Crippen LogP contribution in [0.1, 0.15) is 10.4 Å². The summed E-state index contributed by atoms with van der Waals surface area (Å²) in [7, 11) is 1.09. The van der Waals surface area contributed by atoms with Gasteiger partial charge in [0, 0.05) is 20.4 Å². The van der Waals surface area contributed by atoms with Crippen molar-refractivity contribution in [2.24, 2.45) is 0 Å². The molecule has 0 aliphatic carbocycles. The molecule has 0 heterocycles. The monoisotopic (exact) mass is 408 g/mol. The molecule has 1 aromatic rings.